The Bertz CT molecular complexity index is 1390. The number of aliphatic hydroxyl groups is 7. The highest BCUT2D eigenvalue weighted by Crippen LogP contribution is 2.75. The molecule has 5 rings (SSSR count). The van der Waals surface area contributed by atoms with E-state index in [1.165, 1.54) is 26.0 Å². The third kappa shape index (κ3) is 6.04. The van der Waals surface area contributed by atoms with Gasteiger partial charge in [0.1, 0.15) is 35.6 Å². The summed E-state index contributed by atoms with van der Waals surface area (Å²) in [7, 11) is 0. The molecule has 0 aromatic heterocycles. The Morgan fingerprint density at radius 2 is 1.62 bits per heavy atom. The van der Waals surface area contributed by atoms with Crippen molar-refractivity contribution in [3.63, 3.8) is 0 Å². The van der Waals surface area contributed by atoms with E-state index >= 15 is 0 Å². The summed E-state index contributed by atoms with van der Waals surface area (Å²) >= 11 is 0. The Labute approximate surface area is 295 Å². The van der Waals surface area contributed by atoms with Crippen LogP contribution < -0.4 is 0 Å². The van der Waals surface area contributed by atoms with Gasteiger partial charge in [0.2, 0.25) is 0 Å². The van der Waals surface area contributed by atoms with Crippen LogP contribution in [-0.4, -0.2) is 114 Å². The molecule has 1 aliphatic heterocycles. The highest BCUT2D eigenvalue weighted by Gasteiger charge is 2.72. The molecular formula is C38H60O12. The van der Waals surface area contributed by atoms with Crippen LogP contribution in [-0.2, 0) is 23.8 Å². The van der Waals surface area contributed by atoms with E-state index in [2.05, 4.69) is 26.8 Å². The number of rotatable bonds is 8. The zero-order valence-electron chi connectivity index (χ0n) is 31.0. The molecule has 284 valence electrons. The molecule has 12 heteroatoms. The van der Waals surface area contributed by atoms with Crippen molar-refractivity contribution in [2.45, 2.75) is 155 Å². The molecule has 0 aromatic carbocycles. The Morgan fingerprint density at radius 3 is 2.22 bits per heavy atom. The van der Waals surface area contributed by atoms with Crippen LogP contribution in [0.15, 0.2) is 23.8 Å². The lowest BCUT2D eigenvalue weighted by Gasteiger charge is -2.66. The summed E-state index contributed by atoms with van der Waals surface area (Å²) in [6.07, 6.45) is -2.30. The first kappa shape index (κ1) is 39.5. The van der Waals surface area contributed by atoms with Gasteiger partial charge in [-0.25, -0.2) is 0 Å². The molecule has 1 heterocycles. The lowest BCUT2D eigenvalue weighted by atomic mass is 9.38. The monoisotopic (exact) mass is 708 g/mol. The van der Waals surface area contributed by atoms with E-state index in [0.29, 0.717) is 32.1 Å². The highest BCUT2D eigenvalue weighted by molar-refractivity contribution is 5.97. The molecule has 12 nitrogen and oxygen atoms in total. The molecule has 4 aliphatic carbocycles. The van der Waals surface area contributed by atoms with E-state index in [9.17, 15) is 45.3 Å². The van der Waals surface area contributed by atoms with Gasteiger partial charge in [-0.1, -0.05) is 46.3 Å². The first-order chi connectivity index (χ1) is 22.9. The zero-order chi connectivity index (χ0) is 37.6. The number of hydrogen-bond donors (Lipinski definition) is 7. The van der Waals surface area contributed by atoms with Crippen LogP contribution in [0.25, 0.3) is 0 Å². The van der Waals surface area contributed by atoms with Gasteiger partial charge in [0.15, 0.2) is 12.1 Å². The van der Waals surface area contributed by atoms with E-state index in [-0.39, 0.29) is 17.3 Å². The third-order valence-electron chi connectivity index (χ3n) is 14.1. The number of esters is 1. The minimum absolute atomic E-state index is 0.0328. The standard InChI is InChI=1S/C38H60O12/c1-19(40)50-33(2,3)13-12-26(42)38(9,47)30-22(41)17-37(8)25-11-10-20-21(35(25,6)14-15-36(30,37)7)16-23(31(46)34(20,4)5)48-32-29(45)28(44)27(43)24(18-39)49-32/h10,12-13,21-25,27-32,39,41,43-47H,11,14-18H2,1-9H3/b13-12+/t21-,22?,23?,24+,25+,27+,28-,29+,30-,31?,32+,35+,36+,37-,38-/m0/s1. The number of fused-ring (bicyclic) bond motifs is 5. The molecule has 0 aromatic rings. The average Bonchev–Trinajstić information content (AvgIpc) is 3.23. The Hall–Kier alpha value is -1.74. The molecule has 1 saturated heterocycles. The normalized spacial score (nSPS) is 47.0. The molecular weight excluding hydrogens is 648 g/mol. The summed E-state index contributed by atoms with van der Waals surface area (Å²) in [6.45, 7) is 15.9. The van der Waals surface area contributed by atoms with Crippen molar-refractivity contribution >= 4 is 11.8 Å². The third-order valence-corrected chi connectivity index (χ3v) is 14.1. The van der Waals surface area contributed by atoms with Crippen LogP contribution in [0.4, 0.5) is 0 Å². The first-order valence-electron chi connectivity index (χ1n) is 18.1. The molecule has 15 atom stereocenters. The maximum Gasteiger partial charge on any atom is 0.303 e. The van der Waals surface area contributed by atoms with Crippen molar-refractivity contribution in [3.8, 4) is 0 Å². The van der Waals surface area contributed by atoms with Crippen molar-refractivity contribution < 1.29 is 59.5 Å². The van der Waals surface area contributed by atoms with Gasteiger partial charge in [0.05, 0.1) is 24.9 Å². The summed E-state index contributed by atoms with van der Waals surface area (Å²) in [6, 6.07) is 0. The van der Waals surface area contributed by atoms with E-state index in [1.54, 1.807) is 13.8 Å². The van der Waals surface area contributed by atoms with E-state index in [4.69, 9.17) is 14.2 Å². The van der Waals surface area contributed by atoms with Crippen molar-refractivity contribution in [2.75, 3.05) is 6.61 Å². The minimum atomic E-state index is -1.90. The topological polar surface area (TPSA) is 203 Å². The molecule has 0 amide bonds. The fourth-order valence-electron chi connectivity index (χ4n) is 11.3. The van der Waals surface area contributed by atoms with Gasteiger partial charge in [-0.2, -0.15) is 0 Å². The Morgan fingerprint density at radius 1 is 0.980 bits per heavy atom. The summed E-state index contributed by atoms with van der Waals surface area (Å²) < 4.78 is 17.2. The predicted octanol–water partition coefficient (Wildman–Crippen LogP) is 1.94. The summed E-state index contributed by atoms with van der Waals surface area (Å²) in [5, 5.41) is 76.5. The number of ether oxygens (including phenoxy) is 3. The highest BCUT2D eigenvalue weighted by atomic mass is 16.7. The molecule has 0 spiro atoms. The molecule has 7 N–H and O–H groups in total. The molecule has 50 heavy (non-hydrogen) atoms. The maximum absolute atomic E-state index is 13.7. The lowest BCUT2D eigenvalue weighted by molar-refractivity contribution is -0.324. The minimum Gasteiger partial charge on any atom is -0.456 e. The fourth-order valence-corrected chi connectivity index (χ4v) is 11.3. The molecule has 5 aliphatic rings. The zero-order valence-corrected chi connectivity index (χ0v) is 31.0. The second-order valence-corrected chi connectivity index (χ2v) is 17.9. The SMILES string of the molecule is CC(=O)OC(C)(C)/C=C/C(=O)[C@](C)(O)[C@H]1C(O)C[C@@]2(C)[C@@H]3CC=C4[C@H](CC(O[C@@H]5O[C@H](CO)[C@@H](O)[C@H](O)[C@H]5O)C(O)C4(C)C)[C@@]3(C)CC[C@]12C. The number of ketones is 1. The number of carbonyl (C=O) groups is 2. The number of hydrogen-bond acceptors (Lipinski definition) is 12. The number of allylic oxidation sites excluding steroid dienone is 1. The van der Waals surface area contributed by atoms with Gasteiger partial charge in [-0.3, -0.25) is 9.59 Å². The molecule has 4 fully saturated rings. The van der Waals surface area contributed by atoms with Crippen molar-refractivity contribution in [3.05, 3.63) is 23.8 Å². The van der Waals surface area contributed by atoms with Crippen molar-refractivity contribution in [1.82, 2.24) is 0 Å². The Balaban J connectivity index is 1.44. The number of carbonyl (C=O) groups excluding carboxylic acids is 2. The van der Waals surface area contributed by atoms with Gasteiger partial charge in [0, 0.05) is 18.3 Å². The van der Waals surface area contributed by atoms with Crippen LogP contribution in [0.2, 0.25) is 0 Å². The fraction of sp³-hybridized carbons (Fsp3) is 0.842. The average molecular weight is 709 g/mol. The van der Waals surface area contributed by atoms with E-state index < -0.39 is 101 Å². The largest absolute Gasteiger partial charge is 0.456 e. The second-order valence-electron chi connectivity index (χ2n) is 17.9. The first-order valence-corrected chi connectivity index (χ1v) is 18.1. The van der Waals surface area contributed by atoms with Gasteiger partial charge < -0.3 is 50.0 Å². The molecule has 0 radical (unpaired) electrons. The van der Waals surface area contributed by atoms with Gasteiger partial charge in [0.25, 0.3) is 0 Å². The number of aliphatic hydroxyl groups excluding tert-OH is 6. The van der Waals surface area contributed by atoms with Crippen molar-refractivity contribution in [2.24, 2.45) is 39.4 Å². The van der Waals surface area contributed by atoms with Gasteiger partial charge in [-0.05, 0) is 93.1 Å². The van der Waals surface area contributed by atoms with E-state index in [0.717, 1.165) is 5.57 Å². The lowest BCUT2D eigenvalue weighted by Crippen LogP contribution is -2.64. The summed E-state index contributed by atoms with van der Waals surface area (Å²) in [4.78, 5) is 25.2. The van der Waals surface area contributed by atoms with Crippen LogP contribution >= 0.6 is 0 Å². The molecule has 3 saturated carbocycles. The molecule has 3 unspecified atom stereocenters. The van der Waals surface area contributed by atoms with E-state index in [1.807, 2.05) is 13.8 Å². The van der Waals surface area contributed by atoms with Gasteiger partial charge >= 0.3 is 5.97 Å². The quantitative estimate of drug-likeness (QED) is 0.110. The maximum atomic E-state index is 13.7. The van der Waals surface area contributed by atoms with Crippen molar-refractivity contribution in [1.29, 1.82) is 0 Å². The second kappa shape index (κ2) is 13.0. The smallest absolute Gasteiger partial charge is 0.303 e. The predicted molar refractivity (Wildman–Crippen MR) is 181 cm³/mol. The summed E-state index contributed by atoms with van der Waals surface area (Å²) in [5.41, 5.74) is -4.03. The van der Waals surface area contributed by atoms with Crippen LogP contribution in [0.1, 0.15) is 94.4 Å². The van der Waals surface area contributed by atoms with Crippen LogP contribution in [0, 0.1) is 39.4 Å². The summed E-state index contributed by atoms with van der Waals surface area (Å²) in [5.74, 6) is -1.87. The molecule has 0 bridgehead atoms. The van der Waals surface area contributed by atoms with Crippen LogP contribution in [0.5, 0.6) is 0 Å². The van der Waals surface area contributed by atoms with Gasteiger partial charge in [-0.15, -0.1) is 0 Å². The van der Waals surface area contributed by atoms with Crippen LogP contribution in [0.3, 0.4) is 0 Å². The Kier molecular flexibility index (Phi) is 10.2.